The van der Waals surface area contributed by atoms with E-state index in [0.717, 1.165) is 36.5 Å². The van der Waals surface area contributed by atoms with Crippen LogP contribution in [0, 0.1) is 0 Å². The molecule has 0 bridgehead atoms. The summed E-state index contributed by atoms with van der Waals surface area (Å²) in [4.78, 5) is 0. The van der Waals surface area contributed by atoms with Crippen molar-refractivity contribution in [2.75, 3.05) is 20.3 Å². The standard InChI is InChI=1S/C21H29NO2/c1-3-4-8-14-24-20-13-9-12-18(21(20)23-2)15-19(16-22)17-10-6-5-7-11-17/h5-7,9-13,19H,3-4,8,14-16,22H2,1-2H3. The van der Waals surface area contributed by atoms with Crippen molar-refractivity contribution >= 4 is 0 Å². The first-order chi connectivity index (χ1) is 11.8. The molecule has 2 rings (SSSR count). The van der Waals surface area contributed by atoms with Crippen molar-refractivity contribution in [1.82, 2.24) is 0 Å². The third-order valence-electron chi connectivity index (χ3n) is 4.29. The van der Waals surface area contributed by atoms with Crippen molar-refractivity contribution in [3.05, 3.63) is 59.7 Å². The summed E-state index contributed by atoms with van der Waals surface area (Å²) in [5.41, 5.74) is 8.43. The lowest BCUT2D eigenvalue weighted by molar-refractivity contribution is 0.284. The van der Waals surface area contributed by atoms with E-state index in [1.807, 2.05) is 18.2 Å². The van der Waals surface area contributed by atoms with Gasteiger partial charge in [0.2, 0.25) is 0 Å². The zero-order chi connectivity index (χ0) is 17.2. The number of para-hydroxylation sites is 1. The number of hydrogen-bond donors (Lipinski definition) is 1. The average molecular weight is 327 g/mol. The molecule has 0 spiro atoms. The number of unbranched alkanes of at least 4 members (excludes halogenated alkanes) is 2. The minimum absolute atomic E-state index is 0.274. The lowest BCUT2D eigenvalue weighted by Crippen LogP contribution is -2.15. The third kappa shape index (κ3) is 5.00. The van der Waals surface area contributed by atoms with Crippen LogP contribution in [0.25, 0.3) is 0 Å². The molecule has 0 aliphatic rings. The smallest absolute Gasteiger partial charge is 0.163 e. The van der Waals surface area contributed by atoms with Crippen LogP contribution < -0.4 is 15.2 Å². The second kappa shape index (κ2) is 9.99. The van der Waals surface area contributed by atoms with Gasteiger partial charge in [0.05, 0.1) is 13.7 Å². The Balaban J connectivity index is 2.14. The molecule has 1 unspecified atom stereocenters. The van der Waals surface area contributed by atoms with E-state index in [-0.39, 0.29) is 5.92 Å². The second-order valence-electron chi connectivity index (χ2n) is 6.05. The zero-order valence-electron chi connectivity index (χ0n) is 14.8. The largest absolute Gasteiger partial charge is 0.493 e. The minimum atomic E-state index is 0.274. The summed E-state index contributed by atoms with van der Waals surface area (Å²) >= 11 is 0. The van der Waals surface area contributed by atoms with Gasteiger partial charge in [-0.3, -0.25) is 0 Å². The molecule has 0 aromatic heterocycles. The van der Waals surface area contributed by atoms with Crippen LogP contribution in [0.1, 0.15) is 43.2 Å². The Hall–Kier alpha value is -2.00. The van der Waals surface area contributed by atoms with Crippen LogP contribution in [-0.4, -0.2) is 20.3 Å². The molecule has 0 aliphatic carbocycles. The Kier molecular flexibility index (Phi) is 7.63. The maximum atomic E-state index is 6.02. The molecule has 2 aromatic carbocycles. The van der Waals surface area contributed by atoms with Gasteiger partial charge < -0.3 is 15.2 Å². The number of hydrogen-bond acceptors (Lipinski definition) is 3. The highest BCUT2D eigenvalue weighted by Gasteiger charge is 2.16. The van der Waals surface area contributed by atoms with Crippen LogP contribution >= 0.6 is 0 Å². The molecule has 2 aromatic rings. The molecule has 130 valence electrons. The van der Waals surface area contributed by atoms with Gasteiger partial charge in [0.25, 0.3) is 0 Å². The molecule has 0 heterocycles. The number of nitrogens with two attached hydrogens (primary N) is 1. The summed E-state index contributed by atoms with van der Waals surface area (Å²) in [6, 6.07) is 16.5. The predicted molar refractivity (Wildman–Crippen MR) is 100.0 cm³/mol. The Morgan fingerprint density at radius 3 is 2.46 bits per heavy atom. The van der Waals surface area contributed by atoms with Crippen LogP contribution in [0.15, 0.2) is 48.5 Å². The van der Waals surface area contributed by atoms with Crippen LogP contribution in [0.4, 0.5) is 0 Å². The number of methoxy groups -OCH3 is 1. The summed E-state index contributed by atoms with van der Waals surface area (Å²) in [6.45, 7) is 3.53. The molecule has 0 radical (unpaired) electrons. The van der Waals surface area contributed by atoms with Gasteiger partial charge in [0.1, 0.15) is 0 Å². The summed E-state index contributed by atoms with van der Waals surface area (Å²) in [5, 5.41) is 0. The summed E-state index contributed by atoms with van der Waals surface area (Å²) in [5.74, 6) is 1.94. The molecule has 0 amide bonds. The van der Waals surface area contributed by atoms with Crippen molar-refractivity contribution in [3.63, 3.8) is 0 Å². The van der Waals surface area contributed by atoms with E-state index in [1.165, 1.54) is 18.4 Å². The first-order valence-corrected chi connectivity index (χ1v) is 8.83. The number of rotatable bonds is 10. The third-order valence-corrected chi connectivity index (χ3v) is 4.29. The van der Waals surface area contributed by atoms with E-state index in [1.54, 1.807) is 7.11 Å². The van der Waals surface area contributed by atoms with Crippen molar-refractivity contribution in [2.24, 2.45) is 5.73 Å². The van der Waals surface area contributed by atoms with Gasteiger partial charge in [0.15, 0.2) is 11.5 Å². The highest BCUT2D eigenvalue weighted by Crippen LogP contribution is 2.34. The van der Waals surface area contributed by atoms with Gasteiger partial charge in [0, 0.05) is 5.92 Å². The summed E-state index contributed by atoms with van der Waals surface area (Å²) < 4.78 is 11.6. The first-order valence-electron chi connectivity index (χ1n) is 8.83. The molecular weight excluding hydrogens is 298 g/mol. The number of ether oxygens (including phenoxy) is 2. The second-order valence-corrected chi connectivity index (χ2v) is 6.05. The topological polar surface area (TPSA) is 44.5 Å². The van der Waals surface area contributed by atoms with Crippen molar-refractivity contribution in [1.29, 1.82) is 0 Å². The van der Waals surface area contributed by atoms with E-state index in [0.29, 0.717) is 6.54 Å². The van der Waals surface area contributed by atoms with Crippen molar-refractivity contribution in [3.8, 4) is 11.5 Å². The van der Waals surface area contributed by atoms with Gasteiger partial charge in [-0.25, -0.2) is 0 Å². The Morgan fingerprint density at radius 2 is 1.79 bits per heavy atom. The van der Waals surface area contributed by atoms with Crippen LogP contribution in [0.2, 0.25) is 0 Å². The van der Waals surface area contributed by atoms with Gasteiger partial charge in [-0.2, -0.15) is 0 Å². The van der Waals surface area contributed by atoms with Gasteiger partial charge in [-0.05, 0) is 36.6 Å². The van der Waals surface area contributed by atoms with Gasteiger partial charge >= 0.3 is 0 Å². The van der Waals surface area contributed by atoms with Gasteiger partial charge in [-0.15, -0.1) is 0 Å². The average Bonchev–Trinajstić information content (AvgIpc) is 2.64. The van der Waals surface area contributed by atoms with E-state index in [2.05, 4.69) is 37.3 Å². The Bertz CT molecular complexity index is 598. The fourth-order valence-corrected chi connectivity index (χ4v) is 2.93. The van der Waals surface area contributed by atoms with E-state index in [4.69, 9.17) is 15.2 Å². The zero-order valence-corrected chi connectivity index (χ0v) is 14.8. The highest BCUT2D eigenvalue weighted by atomic mass is 16.5. The Morgan fingerprint density at radius 1 is 1.00 bits per heavy atom. The molecule has 0 saturated carbocycles. The van der Waals surface area contributed by atoms with Crippen molar-refractivity contribution in [2.45, 2.75) is 38.5 Å². The Labute approximate surface area is 145 Å². The fourth-order valence-electron chi connectivity index (χ4n) is 2.93. The maximum Gasteiger partial charge on any atom is 0.163 e. The monoisotopic (exact) mass is 327 g/mol. The van der Waals surface area contributed by atoms with E-state index >= 15 is 0 Å². The molecule has 0 aliphatic heterocycles. The summed E-state index contributed by atoms with van der Waals surface area (Å²) in [6.07, 6.45) is 4.29. The minimum Gasteiger partial charge on any atom is -0.493 e. The normalized spacial score (nSPS) is 12.0. The maximum absolute atomic E-state index is 6.02. The lowest BCUT2D eigenvalue weighted by atomic mass is 9.91. The lowest BCUT2D eigenvalue weighted by Gasteiger charge is -2.19. The van der Waals surface area contributed by atoms with Crippen LogP contribution in [-0.2, 0) is 6.42 Å². The quantitative estimate of drug-likeness (QED) is 0.651. The van der Waals surface area contributed by atoms with Crippen molar-refractivity contribution < 1.29 is 9.47 Å². The first kappa shape index (κ1) is 18.3. The molecule has 0 saturated heterocycles. The van der Waals surface area contributed by atoms with E-state index in [9.17, 15) is 0 Å². The van der Waals surface area contributed by atoms with Crippen LogP contribution in [0.3, 0.4) is 0 Å². The molecule has 2 N–H and O–H groups in total. The predicted octanol–water partition coefficient (Wildman–Crippen LogP) is 4.55. The number of benzene rings is 2. The van der Waals surface area contributed by atoms with Gasteiger partial charge in [-0.1, -0.05) is 62.2 Å². The fraction of sp³-hybridized carbons (Fsp3) is 0.429. The molecule has 3 heteroatoms. The molecule has 24 heavy (non-hydrogen) atoms. The van der Waals surface area contributed by atoms with Crippen LogP contribution in [0.5, 0.6) is 11.5 Å². The molecule has 0 fully saturated rings. The SMILES string of the molecule is CCCCCOc1cccc(CC(CN)c2ccccc2)c1OC. The summed E-state index contributed by atoms with van der Waals surface area (Å²) in [7, 11) is 1.71. The highest BCUT2D eigenvalue weighted by molar-refractivity contribution is 5.47. The van der Waals surface area contributed by atoms with E-state index < -0.39 is 0 Å². The molecule has 3 nitrogen and oxygen atoms in total. The molecular formula is C21H29NO2. The molecule has 1 atom stereocenters.